The van der Waals surface area contributed by atoms with Crippen LogP contribution in [0.4, 0.5) is 5.69 Å². The molecule has 3 aromatic rings. The highest BCUT2D eigenvalue weighted by atomic mass is 32.2. The van der Waals surface area contributed by atoms with Crippen molar-refractivity contribution < 1.29 is 13.2 Å². The van der Waals surface area contributed by atoms with Gasteiger partial charge < -0.3 is 5.32 Å². The van der Waals surface area contributed by atoms with Gasteiger partial charge in [0.05, 0.1) is 17.0 Å². The van der Waals surface area contributed by atoms with Gasteiger partial charge in [-0.3, -0.25) is 4.79 Å². The highest BCUT2D eigenvalue weighted by Crippen LogP contribution is 2.27. The minimum atomic E-state index is -3.55. The van der Waals surface area contributed by atoms with Crippen LogP contribution in [-0.4, -0.2) is 36.7 Å². The van der Waals surface area contributed by atoms with Crippen molar-refractivity contribution in [1.29, 1.82) is 0 Å². The Hall–Kier alpha value is -2.07. The Bertz CT molecular complexity index is 1130. The number of rotatable bonds is 6. The zero-order chi connectivity index (χ0) is 21.1. The van der Waals surface area contributed by atoms with E-state index in [0.29, 0.717) is 24.5 Å². The van der Waals surface area contributed by atoms with Crippen LogP contribution in [0, 0.1) is 6.92 Å². The van der Waals surface area contributed by atoms with Gasteiger partial charge in [0.2, 0.25) is 15.9 Å². The lowest BCUT2D eigenvalue weighted by molar-refractivity contribution is -0.115. The minimum absolute atomic E-state index is 0.142. The predicted octanol–water partition coefficient (Wildman–Crippen LogP) is 4.54. The quantitative estimate of drug-likeness (QED) is 0.585. The number of carbonyl (C=O) groups is 1. The molecule has 1 aromatic carbocycles. The van der Waals surface area contributed by atoms with Gasteiger partial charge in [0.1, 0.15) is 5.01 Å². The van der Waals surface area contributed by atoms with Gasteiger partial charge in [0.15, 0.2) is 0 Å². The summed E-state index contributed by atoms with van der Waals surface area (Å²) < 4.78 is 27.4. The maximum absolute atomic E-state index is 12.9. The first-order valence-electron chi connectivity index (χ1n) is 9.81. The number of nitrogens with one attached hydrogen (secondary N) is 1. The molecule has 6 nitrogen and oxygen atoms in total. The first-order chi connectivity index (χ1) is 14.4. The van der Waals surface area contributed by atoms with E-state index < -0.39 is 10.0 Å². The van der Waals surface area contributed by atoms with E-state index in [2.05, 4.69) is 10.3 Å². The van der Waals surface area contributed by atoms with Crippen LogP contribution >= 0.6 is 22.7 Å². The number of sulfonamides is 1. The van der Waals surface area contributed by atoms with Gasteiger partial charge in [0.25, 0.3) is 0 Å². The Morgan fingerprint density at radius 1 is 1.17 bits per heavy atom. The number of carbonyl (C=O) groups excluding carboxylic acids is 1. The van der Waals surface area contributed by atoms with Crippen LogP contribution in [0.5, 0.6) is 0 Å². The Morgan fingerprint density at radius 2 is 1.97 bits per heavy atom. The molecule has 0 radical (unpaired) electrons. The Labute approximate surface area is 184 Å². The van der Waals surface area contributed by atoms with Crippen molar-refractivity contribution in [3.63, 3.8) is 0 Å². The summed E-state index contributed by atoms with van der Waals surface area (Å²) in [6, 6.07) is 6.92. The number of nitrogens with zero attached hydrogens (tertiary/aromatic N) is 2. The van der Waals surface area contributed by atoms with Crippen LogP contribution < -0.4 is 5.32 Å². The number of hydrogen-bond donors (Lipinski definition) is 1. The van der Waals surface area contributed by atoms with Gasteiger partial charge in [-0.05, 0) is 48.9 Å². The van der Waals surface area contributed by atoms with E-state index in [4.69, 9.17) is 0 Å². The van der Waals surface area contributed by atoms with Crippen molar-refractivity contribution in [3.8, 4) is 10.6 Å². The lowest BCUT2D eigenvalue weighted by atomic mass is 10.2. The third-order valence-corrected chi connectivity index (χ3v) is 8.62. The summed E-state index contributed by atoms with van der Waals surface area (Å²) in [4.78, 5) is 17.3. The summed E-state index contributed by atoms with van der Waals surface area (Å²) in [5, 5.41) is 9.67. The molecular formula is C21H23N3O3S3. The number of anilines is 1. The molecule has 1 fully saturated rings. The van der Waals surface area contributed by atoms with E-state index >= 15 is 0 Å². The molecule has 1 saturated heterocycles. The second-order valence-corrected chi connectivity index (χ2v) is 10.9. The summed E-state index contributed by atoms with van der Waals surface area (Å²) >= 11 is 3.12. The van der Waals surface area contributed by atoms with Crippen molar-refractivity contribution >= 4 is 44.3 Å². The number of hydrogen-bond acceptors (Lipinski definition) is 6. The molecule has 1 amide bonds. The minimum Gasteiger partial charge on any atom is -0.325 e. The lowest BCUT2D eigenvalue weighted by Crippen LogP contribution is -2.35. The zero-order valence-electron chi connectivity index (χ0n) is 16.6. The van der Waals surface area contributed by atoms with Crippen molar-refractivity contribution in [2.45, 2.75) is 37.5 Å². The normalized spacial score (nSPS) is 15.2. The van der Waals surface area contributed by atoms with Crippen LogP contribution in [0.15, 0.2) is 45.3 Å². The number of piperidine rings is 1. The number of aromatic nitrogens is 1. The highest BCUT2D eigenvalue weighted by molar-refractivity contribution is 7.89. The maximum Gasteiger partial charge on any atom is 0.243 e. The largest absolute Gasteiger partial charge is 0.325 e. The van der Waals surface area contributed by atoms with Crippen LogP contribution in [0.25, 0.3) is 10.6 Å². The molecule has 9 heteroatoms. The molecule has 0 spiro atoms. The second kappa shape index (κ2) is 8.97. The van der Waals surface area contributed by atoms with E-state index in [1.54, 1.807) is 29.5 Å². The van der Waals surface area contributed by atoms with Gasteiger partial charge in [0, 0.05) is 35.1 Å². The maximum atomic E-state index is 12.9. The second-order valence-electron chi connectivity index (χ2n) is 7.32. The molecule has 0 bridgehead atoms. The SMILES string of the molecule is Cc1ccc(S(=O)(=O)N2CCCCC2)cc1NC(=O)Cc1csc(-c2ccsc2)n1. The van der Waals surface area contributed by atoms with E-state index in [1.165, 1.54) is 15.6 Å². The predicted molar refractivity (Wildman–Crippen MR) is 122 cm³/mol. The third kappa shape index (κ3) is 4.64. The number of thiazole rings is 1. The molecule has 1 aliphatic rings. The molecule has 0 unspecified atom stereocenters. The van der Waals surface area contributed by atoms with Crippen molar-refractivity contribution in [2.75, 3.05) is 18.4 Å². The van der Waals surface area contributed by atoms with E-state index in [-0.39, 0.29) is 17.2 Å². The first kappa shape index (κ1) is 21.2. The van der Waals surface area contributed by atoms with Gasteiger partial charge in [-0.2, -0.15) is 15.6 Å². The fraction of sp³-hybridized carbons (Fsp3) is 0.333. The summed E-state index contributed by atoms with van der Waals surface area (Å²) in [5.74, 6) is -0.215. The Kier molecular flexibility index (Phi) is 6.33. The molecule has 158 valence electrons. The third-order valence-electron chi connectivity index (χ3n) is 5.10. The number of amides is 1. The van der Waals surface area contributed by atoms with Gasteiger partial charge >= 0.3 is 0 Å². The van der Waals surface area contributed by atoms with E-state index in [1.807, 2.05) is 29.1 Å². The average Bonchev–Trinajstić information content (AvgIpc) is 3.42. The number of aryl methyl sites for hydroxylation is 1. The molecule has 1 aliphatic heterocycles. The van der Waals surface area contributed by atoms with Crippen LogP contribution in [0.2, 0.25) is 0 Å². The average molecular weight is 462 g/mol. The molecule has 1 N–H and O–H groups in total. The van der Waals surface area contributed by atoms with Crippen molar-refractivity contribution in [1.82, 2.24) is 9.29 Å². The molecular weight excluding hydrogens is 438 g/mol. The fourth-order valence-electron chi connectivity index (χ4n) is 3.42. The lowest BCUT2D eigenvalue weighted by Gasteiger charge is -2.26. The topological polar surface area (TPSA) is 79.4 Å². The summed E-state index contributed by atoms with van der Waals surface area (Å²) in [7, 11) is -3.55. The number of thiophene rings is 1. The summed E-state index contributed by atoms with van der Waals surface area (Å²) in [6.07, 6.45) is 2.97. The summed E-state index contributed by atoms with van der Waals surface area (Å²) in [5.41, 5.74) is 3.10. The Balaban J connectivity index is 1.47. The van der Waals surface area contributed by atoms with Gasteiger partial charge in [-0.15, -0.1) is 11.3 Å². The van der Waals surface area contributed by atoms with Gasteiger partial charge in [-0.25, -0.2) is 13.4 Å². The monoisotopic (exact) mass is 461 g/mol. The smallest absolute Gasteiger partial charge is 0.243 e. The standard InChI is InChI=1S/C21H23N3O3S3/c1-15-5-6-18(30(26,27)24-8-3-2-4-9-24)12-19(15)23-20(25)11-17-14-29-21(22-17)16-7-10-28-13-16/h5-7,10,12-14H,2-4,8-9,11H2,1H3,(H,23,25). The van der Waals surface area contributed by atoms with Gasteiger partial charge in [-0.1, -0.05) is 12.5 Å². The number of benzene rings is 1. The molecule has 3 heterocycles. The molecule has 0 aliphatic carbocycles. The Morgan fingerprint density at radius 3 is 2.70 bits per heavy atom. The molecule has 30 heavy (non-hydrogen) atoms. The van der Waals surface area contributed by atoms with Crippen molar-refractivity contribution in [2.24, 2.45) is 0 Å². The molecule has 0 saturated carbocycles. The van der Waals surface area contributed by atoms with Crippen molar-refractivity contribution in [3.05, 3.63) is 51.7 Å². The fourth-order valence-corrected chi connectivity index (χ4v) is 6.49. The van der Waals surface area contributed by atoms with Crippen LogP contribution in [0.3, 0.4) is 0 Å². The highest BCUT2D eigenvalue weighted by Gasteiger charge is 2.26. The molecule has 0 atom stereocenters. The first-order valence-corrected chi connectivity index (χ1v) is 13.1. The van der Waals surface area contributed by atoms with E-state index in [9.17, 15) is 13.2 Å². The van der Waals surface area contributed by atoms with Crippen LogP contribution in [-0.2, 0) is 21.2 Å². The molecule has 4 rings (SSSR count). The summed E-state index contributed by atoms with van der Waals surface area (Å²) in [6.45, 7) is 2.95. The molecule has 2 aromatic heterocycles. The van der Waals surface area contributed by atoms with E-state index in [0.717, 1.165) is 35.4 Å². The van der Waals surface area contributed by atoms with Crippen LogP contribution in [0.1, 0.15) is 30.5 Å². The zero-order valence-corrected chi connectivity index (χ0v) is 19.1.